The van der Waals surface area contributed by atoms with Crippen LogP contribution in [0.5, 0.6) is 5.75 Å². The van der Waals surface area contributed by atoms with Crippen LogP contribution in [-0.4, -0.2) is 26.4 Å². The second-order valence-electron chi connectivity index (χ2n) is 6.25. The quantitative estimate of drug-likeness (QED) is 0.778. The second-order valence-corrected chi connectivity index (χ2v) is 6.25. The zero-order valence-electron chi connectivity index (χ0n) is 13.6. The van der Waals surface area contributed by atoms with Gasteiger partial charge in [0.25, 0.3) is 0 Å². The fourth-order valence-corrected chi connectivity index (χ4v) is 3.00. The number of hydrogen-bond donors (Lipinski definition) is 1. The van der Waals surface area contributed by atoms with Gasteiger partial charge < -0.3 is 14.8 Å². The molecule has 0 saturated heterocycles. The molecule has 1 aliphatic carbocycles. The van der Waals surface area contributed by atoms with E-state index in [0.717, 1.165) is 24.1 Å². The molecule has 3 atom stereocenters. The Morgan fingerprint density at radius 1 is 1.10 bits per heavy atom. The Morgan fingerprint density at radius 3 is 2.67 bits per heavy atom. The van der Waals surface area contributed by atoms with Crippen molar-refractivity contribution in [3.8, 4) is 5.75 Å². The first-order valence-electron chi connectivity index (χ1n) is 8.17. The Morgan fingerprint density at radius 2 is 1.90 bits per heavy atom. The molecule has 1 fully saturated rings. The Bertz CT molecular complexity index is 421. The molecule has 21 heavy (non-hydrogen) atoms. The molecule has 0 spiro atoms. The molecule has 0 bridgehead atoms. The zero-order chi connectivity index (χ0) is 15.1. The molecule has 3 nitrogen and oxygen atoms in total. The van der Waals surface area contributed by atoms with E-state index < -0.39 is 0 Å². The highest BCUT2D eigenvalue weighted by Gasteiger charge is 2.24. The summed E-state index contributed by atoms with van der Waals surface area (Å²) >= 11 is 0. The van der Waals surface area contributed by atoms with Crippen molar-refractivity contribution < 1.29 is 9.47 Å². The molecule has 1 aliphatic rings. The van der Waals surface area contributed by atoms with Crippen LogP contribution in [0.1, 0.15) is 38.7 Å². The summed E-state index contributed by atoms with van der Waals surface area (Å²) in [4.78, 5) is 0. The van der Waals surface area contributed by atoms with Crippen LogP contribution in [0, 0.1) is 11.8 Å². The van der Waals surface area contributed by atoms with E-state index in [0.29, 0.717) is 19.3 Å². The van der Waals surface area contributed by atoms with E-state index in [1.807, 2.05) is 25.2 Å². The van der Waals surface area contributed by atoms with E-state index in [4.69, 9.17) is 9.47 Å². The first-order chi connectivity index (χ1) is 10.2. The second kappa shape index (κ2) is 8.40. The van der Waals surface area contributed by atoms with Crippen LogP contribution < -0.4 is 10.1 Å². The van der Waals surface area contributed by atoms with E-state index in [1.165, 1.54) is 24.8 Å². The molecule has 0 heterocycles. The molecule has 3 heteroatoms. The number of ether oxygens (including phenoxy) is 2. The molecule has 1 aromatic rings. The van der Waals surface area contributed by atoms with Gasteiger partial charge in [0.1, 0.15) is 12.4 Å². The lowest BCUT2D eigenvalue weighted by Crippen LogP contribution is -2.28. The average molecular weight is 291 g/mol. The van der Waals surface area contributed by atoms with Crippen LogP contribution in [0.15, 0.2) is 24.3 Å². The first-order valence-corrected chi connectivity index (χ1v) is 8.17. The van der Waals surface area contributed by atoms with Crippen molar-refractivity contribution in [1.82, 2.24) is 5.32 Å². The molecular formula is C18H29NO2. The van der Waals surface area contributed by atoms with Crippen LogP contribution in [-0.2, 0) is 11.3 Å². The molecule has 2 rings (SSSR count). The van der Waals surface area contributed by atoms with Crippen LogP contribution in [0.3, 0.4) is 0 Å². The minimum atomic E-state index is 0.423. The smallest absolute Gasteiger partial charge is 0.123 e. The third kappa shape index (κ3) is 5.01. The maximum atomic E-state index is 5.98. The third-order valence-corrected chi connectivity index (χ3v) is 4.58. The lowest BCUT2D eigenvalue weighted by Gasteiger charge is -2.31. The van der Waals surface area contributed by atoms with Crippen molar-refractivity contribution in [2.45, 2.75) is 45.8 Å². The molecule has 0 radical (unpaired) electrons. The van der Waals surface area contributed by atoms with E-state index in [9.17, 15) is 0 Å². The Hall–Kier alpha value is -1.06. The Kier molecular flexibility index (Phi) is 6.52. The fourth-order valence-electron chi connectivity index (χ4n) is 3.00. The Labute approximate surface area is 129 Å². The summed E-state index contributed by atoms with van der Waals surface area (Å²) < 4.78 is 11.8. The summed E-state index contributed by atoms with van der Waals surface area (Å²) in [6, 6.07) is 8.17. The van der Waals surface area contributed by atoms with Gasteiger partial charge >= 0.3 is 0 Å². The molecule has 0 aliphatic heterocycles. The van der Waals surface area contributed by atoms with E-state index >= 15 is 0 Å². The van der Waals surface area contributed by atoms with Gasteiger partial charge in [0.05, 0.1) is 12.7 Å². The summed E-state index contributed by atoms with van der Waals surface area (Å²) in [5, 5.41) is 3.16. The van der Waals surface area contributed by atoms with Gasteiger partial charge in [0, 0.05) is 12.1 Å². The summed E-state index contributed by atoms with van der Waals surface area (Å²) in [7, 11) is 1.95. The molecule has 1 N–H and O–H groups in total. The molecule has 1 saturated carbocycles. The highest BCUT2D eigenvalue weighted by Crippen LogP contribution is 2.30. The monoisotopic (exact) mass is 291 g/mol. The normalized spacial score (nSPS) is 25.8. The summed E-state index contributed by atoms with van der Waals surface area (Å²) in [5.41, 5.74) is 1.19. The number of benzene rings is 1. The maximum absolute atomic E-state index is 5.98. The topological polar surface area (TPSA) is 30.5 Å². The first kappa shape index (κ1) is 16.3. The van der Waals surface area contributed by atoms with Crippen molar-refractivity contribution in [3.63, 3.8) is 0 Å². The predicted octanol–water partition coefficient (Wildman–Crippen LogP) is 3.63. The maximum Gasteiger partial charge on any atom is 0.123 e. The standard InChI is InChI=1S/C18H29NO2/c1-14-8-9-17(12-15(14)2)20-10-11-21-18-7-5-4-6-16(18)13-19-3/h4-7,14-15,17,19H,8-13H2,1-3H3. The van der Waals surface area contributed by atoms with Crippen LogP contribution >= 0.6 is 0 Å². The van der Waals surface area contributed by atoms with Gasteiger partial charge in [-0.2, -0.15) is 0 Å². The van der Waals surface area contributed by atoms with Crippen molar-refractivity contribution in [3.05, 3.63) is 29.8 Å². The summed E-state index contributed by atoms with van der Waals surface area (Å²) in [6.07, 6.45) is 4.10. The largest absolute Gasteiger partial charge is 0.491 e. The summed E-state index contributed by atoms with van der Waals surface area (Å²) in [5.74, 6) is 2.58. The zero-order valence-corrected chi connectivity index (χ0v) is 13.6. The highest BCUT2D eigenvalue weighted by molar-refractivity contribution is 5.33. The van der Waals surface area contributed by atoms with Gasteiger partial charge in [-0.3, -0.25) is 0 Å². The Balaban J connectivity index is 1.70. The molecule has 1 aromatic carbocycles. The van der Waals surface area contributed by atoms with Gasteiger partial charge in [0.15, 0.2) is 0 Å². The summed E-state index contributed by atoms with van der Waals surface area (Å²) in [6.45, 7) is 6.82. The van der Waals surface area contributed by atoms with Crippen LogP contribution in [0.4, 0.5) is 0 Å². The van der Waals surface area contributed by atoms with E-state index in [1.54, 1.807) is 0 Å². The molecule has 118 valence electrons. The average Bonchev–Trinajstić information content (AvgIpc) is 2.49. The number of rotatable bonds is 7. The van der Waals surface area contributed by atoms with Gasteiger partial charge in [-0.15, -0.1) is 0 Å². The minimum absolute atomic E-state index is 0.423. The van der Waals surface area contributed by atoms with E-state index in [-0.39, 0.29) is 0 Å². The SMILES string of the molecule is CNCc1ccccc1OCCOC1CCC(C)C(C)C1. The van der Waals surface area contributed by atoms with Crippen LogP contribution in [0.2, 0.25) is 0 Å². The number of hydrogen-bond acceptors (Lipinski definition) is 3. The molecule has 0 amide bonds. The van der Waals surface area contributed by atoms with Crippen LogP contribution in [0.25, 0.3) is 0 Å². The lowest BCUT2D eigenvalue weighted by molar-refractivity contribution is -0.00917. The fraction of sp³-hybridized carbons (Fsp3) is 0.667. The van der Waals surface area contributed by atoms with Gasteiger partial charge in [-0.1, -0.05) is 32.0 Å². The van der Waals surface area contributed by atoms with Crippen molar-refractivity contribution in [2.75, 3.05) is 20.3 Å². The number of nitrogens with one attached hydrogen (secondary N) is 1. The van der Waals surface area contributed by atoms with Gasteiger partial charge in [-0.05, 0) is 44.2 Å². The molecular weight excluding hydrogens is 262 g/mol. The van der Waals surface area contributed by atoms with Gasteiger partial charge in [-0.25, -0.2) is 0 Å². The lowest BCUT2D eigenvalue weighted by atomic mass is 9.80. The van der Waals surface area contributed by atoms with Crippen molar-refractivity contribution in [1.29, 1.82) is 0 Å². The van der Waals surface area contributed by atoms with Crippen molar-refractivity contribution >= 4 is 0 Å². The molecule has 0 aromatic heterocycles. The van der Waals surface area contributed by atoms with Crippen molar-refractivity contribution in [2.24, 2.45) is 11.8 Å². The highest BCUT2D eigenvalue weighted by atomic mass is 16.5. The number of para-hydroxylation sites is 1. The minimum Gasteiger partial charge on any atom is -0.491 e. The predicted molar refractivity (Wildman–Crippen MR) is 86.6 cm³/mol. The molecule has 3 unspecified atom stereocenters. The third-order valence-electron chi connectivity index (χ3n) is 4.58. The van der Waals surface area contributed by atoms with Gasteiger partial charge in [0.2, 0.25) is 0 Å². The van der Waals surface area contributed by atoms with E-state index in [2.05, 4.69) is 25.2 Å².